The van der Waals surface area contributed by atoms with E-state index in [-0.39, 0.29) is 24.3 Å². The van der Waals surface area contributed by atoms with Crippen LogP contribution in [-0.4, -0.2) is 38.8 Å². The Balaban J connectivity index is 1.34. The highest BCUT2D eigenvalue weighted by Gasteiger charge is 2.26. The summed E-state index contributed by atoms with van der Waals surface area (Å²) in [7, 11) is 0. The van der Waals surface area contributed by atoms with Crippen LogP contribution in [0.1, 0.15) is 24.2 Å². The summed E-state index contributed by atoms with van der Waals surface area (Å²) in [6.07, 6.45) is 1.73. The molecular weight excluding hydrogens is 387 g/mol. The van der Waals surface area contributed by atoms with Crippen molar-refractivity contribution >= 4 is 6.09 Å². The Morgan fingerprint density at radius 1 is 1.10 bits per heavy atom. The number of carbonyl (C=O) groups excluding carboxylic acids is 1. The van der Waals surface area contributed by atoms with Crippen LogP contribution in [0.3, 0.4) is 0 Å². The van der Waals surface area contributed by atoms with E-state index < -0.39 is 11.5 Å². The molecule has 0 saturated carbocycles. The van der Waals surface area contributed by atoms with Gasteiger partial charge in [-0.15, -0.1) is 0 Å². The molecule has 4 rings (SSSR count). The van der Waals surface area contributed by atoms with Crippen molar-refractivity contribution < 1.29 is 13.9 Å². The lowest BCUT2D eigenvalue weighted by atomic mass is 9.93. The second-order valence-electron chi connectivity index (χ2n) is 7.41. The molecule has 3 aromatic rings. The Hall–Kier alpha value is -3.42. The van der Waals surface area contributed by atoms with Gasteiger partial charge >= 0.3 is 11.8 Å². The van der Waals surface area contributed by atoms with Crippen molar-refractivity contribution in [3.63, 3.8) is 0 Å². The minimum Gasteiger partial charge on any atom is -0.445 e. The molecule has 30 heavy (non-hydrogen) atoms. The highest BCUT2D eigenvalue weighted by molar-refractivity contribution is 5.67. The predicted molar refractivity (Wildman–Crippen MR) is 109 cm³/mol. The van der Waals surface area contributed by atoms with Crippen LogP contribution in [0.2, 0.25) is 0 Å². The number of piperidine rings is 1. The summed E-state index contributed by atoms with van der Waals surface area (Å²) in [6, 6.07) is 15.7. The molecule has 0 radical (unpaired) electrons. The van der Waals surface area contributed by atoms with E-state index in [2.05, 4.69) is 10.2 Å². The lowest BCUT2D eigenvalue weighted by Gasteiger charge is -2.31. The monoisotopic (exact) mass is 410 g/mol. The average Bonchev–Trinajstić information content (AvgIpc) is 3.13. The minimum atomic E-state index is -0.474. The van der Waals surface area contributed by atoms with E-state index in [9.17, 15) is 14.0 Å². The molecule has 7 nitrogen and oxygen atoms in total. The fraction of sp³-hybridized carbons (Fsp3) is 0.318. The highest BCUT2D eigenvalue weighted by atomic mass is 19.1. The predicted octanol–water partition coefficient (Wildman–Crippen LogP) is 3.29. The van der Waals surface area contributed by atoms with Gasteiger partial charge in [0.15, 0.2) is 0 Å². The zero-order chi connectivity index (χ0) is 20.9. The standard InChI is InChI=1S/C22H23FN4O3/c23-18-8-4-5-9-19(18)27-20(24-25-21(27)28)14-16-10-12-26(13-11-16)22(29)30-15-17-6-2-1-3-7-17/h1-9,16H,10-15H2,(H,25,28). The molecule has 8 heteroatoms. The summed E-state index contributed by atoms with van der Waals surface area (Å²) >= 11 is 0. The van der Waals surface area contributed by atoms with Crippen LogP contribution >= 0.6 is 0 Å². The molecule has 1 saturated heterocycles. The molecule has 0 spiro atoms. The molecule has 156 valence electrons. The number of nitrogens with zero attached hydrogens (tertiary/aromatic N) is 3. The summed E-state index contributed by atoms with van der Waals surface area (Å²) in [5, 5.41) is 6.52. The molecule has 0 bridgehead atoms. The molecule has 1 aromatic heterocycles. The Bertz CT molecular complexity index is 1060. The first kappa shape index (κ1) is 19.9. The highest BCUT2D eigenvalue weighted by Crippen LogP contribution is 2.23. The lowest BCUT2D eigenvalue weighted by Crippen LogP contribution is -2.39. The number of hydrogen-bond acceptors (Lipinski definition) is 4. The zero-order valence-electron chi connectivity index (χ0n) is 16.5. The summed E-state index contributed by atoms with van der Waals surface area (Å²) in [6.45, 7) is 1.40. The number of aromatic amines is 1. The van der Waals surface area contributed by atoms with Gasteiger partial charge in [0.1, 0.15) is 18.2 Å². The van der Waals surface area contributed by atoms with Gasteiger partial charge in [-0.25, -0.2) is 23.6 Å². The fourth-order valence-corrected chi connectivity index (χ4v) is 3.74. The van der Waals surface area contributed by atoms with Crippen LogP contribution in [0.15, 0.2) is 59.4 Å². The number of ether oxygens (including phenoxy) is 1. The number of hydrogen-bond donors (Lipinski definition) is 1. The van der Waals surface area contributed by atoms with Gasteiger partial charge in [-0.2, -0.15) is 5.10 Å². The molecule has 1 amide bonds. The quantitative estimate of drug-likeness (QED) is 0.700. The minimum absolute atomic E-state index is 0.188. The summed E-state index contributed by atoms with van der Waals surface area (Å²) < 4.78 is 20.9. The maximum atomic E-state index is 14.2. The van der Waals surface area contributed by atoms with E-state index in [1.54, 1.807) is 23.1 Å². The smallest absolute Gasteiger partial charge is 0.410 e. The Morgan fingerprint density at radius 3 is 2.53 bits per heavy atom. The topological polar surface area (TPSA) is 80.2 Å². The number of para-hydroxylation sites is 1. The number of halogens is 1. The van der Waals surface area contributed by atoms with E-state index in [1.807, 2.05) is 30.3 Å². The van der Waals surface area contributed by atoms with Gasteiger partial charge in [-0.1, -0.05) is 42.5 Å². The molecular formula is C22H23FN4O3. The summed E-state index contributed by atoms with van der Waals surface area (Å²) in [4.78, 5) is 26.2. The Morgan fingerprint density at radius 2 is 1.80 bits per heavy atom. The van der Waals surface area contributed by atoms with E-state index in [0.717, 1.165) is 18.4 Å². The van der Waals surface area contributed by atoms with Crippen LogP contribution in [0.5, 0.6) is 0 Å². The van der Waals surface area contributed by atoms with E-state index >= 15 is 0 Å². The zero-order valence-corrected chi connectivity index (χ0v) is 16.5. The van der Waals surface area contributed by atoms with Gasteiger partial charge in [-0.3, -0.25) is 0 Å². The lowest BCUT2D eigenvalue weighted by molar-refractivity contribution is 0.0821. The van der Waals surface area contributed by atoms with Gasteiger partial charge in [0.2, 0.25) is 0 Å². The number of likely N-dealkylation sites (tertiary alicyclic amines) is 1. The van der Waals surface area contributed by atoms with Crippen molar-refractivity contribution in [2.45, 2.75) is 25.9 Å². The number of H-pyrrole nitrogens is 1. The van der Waals surface area contributed by atoms with Gasteiger partial charge in [0.05, 0.1) is 5.69 Å². The van der Waals surface area contributed by atoms with Crippen LogP contribution in [-0.2, 0) is 17.8 Å². The largest absolute Gasteiger partial charge is 0.445 e. The van der Waals surface area contributed by atoms with Gasteiger partial charge in [0, 0.05) is 19.5 Å². The SMILES string of the molecule is O=C(OCc1ccccc1)N1CCC(Cc2n[nH]c(=O)n2-c2ccccc2F)CC1. The van der Waals surface area contributed by atoms with E-state index in [1.165, 1.54) is 10.6 Å². The number of carbonyl (C=O) groups is 1. The Kier molecular flexibility index (Phi) is 5.92. The van der Waals surface area contributed by atoms with Crippen molar-refractivity contribution in [3.8, 4) is 5.69 Å². The number of aromatic nitrogens is 3. The summed E-state index contributed by atoms with van der Waals surface area (Å²) in [5.41, 5.74) is 0.676. The maximum absolute atomic E-state index is 14.2. The van der Waals surface area contributed by atoms with E-state index in [4.69, 9.17) is 4.74 Å². The molecule has 1 N–H and O–H groups in total. The second kappa shape index (κ2) is 8.94. The number of amides is 1. The van der Waals surface area contributed by atoms with E-state index in [0.29, 0.717) is 25.3 Å². The van der Waals surface area contributed by atoms with Gasteiger partial charge < -0.3 is 9.64 Å². The average molecular weight is 410 g/mol. The first-order valence-electron chi connectivity index (χ1n) is 9.98. The van der Waals surface area contributed by atoms with Crippen LogP contribution in [0.25, 0.3) is 5.69 Å². The van der Waals surface area contributed by atoms with Crippen LogP contribution < -0.4 is 5.69 Å². The van der Waals surface area contributed by atoms with Crippen molar-refractivity contribution in [3.05, 3.63) is 82.3 Å². The molecule has 2 aromatic carbocycles. The van der Waals surface area contributed by atoms with Crippen molar-refractivity contribution in [1.82, 2.24) is 19.7 Å². The molecule has 0 unspecified atom stereocenters. The second-order valence-corrected chi connectivity index (χ2v) is 7.41. The third-order valence-electron chi connectivity index (χ3n) is 5.38. The summed E-state index contributed by atoms with van der Waals surface area (Å²) in [5.74, 6) is 0.261. The van der Waals surface area contributed by atoms with Crippen molar-refractivity contribution in [1.29, 1.82) is 0 Å². The number of nitrogens with one attached hydrogen (secondary N) is 1. The third-order valence-corrected chi connectivity index (χ3v) is 5.38. The number of rotatable bonds is 5. The molecule has 1 aliphatic heterocycles. The maximum Gasteiger partial charge on any atom is 0.410 e. The first-order chi connectivity index (χ1) is 14.6. The van der Waals surface area contributed by atoms with Crippen molar-refractivity contribution in [2.24, 2.45) is 5.92 Å². The normalized spacial score (nSPS) is 14.6. The first-order valence-corrected chi connectivity index (χ1v) is 9.98. The molecule has 1 fully saturated rings. The van der Waals surface area contributed by atoms with Gasteiger partial charge in [0.25, 0.3) is 0 Å². The van der Waals surface area contributed by atoms with Crippen molar-refractivity contribution in [2.75, 3.05) is 13.1 Å². The number of benzene rings is 2. The molecule has 2 heterocycles. The van der Waals surface area contributed by atoms with Gasteiger partial charge in [-0.05, 0) is 36.5 Å². The third kappa shape index (κ3) is 4.42. The van der Waals surface area contributed by atoms with Crippen LogP contribution in [0.4, 0.5) is 9.18 Å². The molecule has 1 aliphatic rings. The van der Waals surface area contributed by atoms with Crippen LogP contribution in [0, 0.1) is 11.7 Å². The Labute approximate surface area is 173 Å². The molecule has 0 aliphatic carbocycles. The molecule has 0 atom stereocenters. The fourth-order valence-electron chi connectivity index (χ4n) is 3.74.